The minimum Gasteiger partial charge on any atom is -0.488 e. The van der Waals surface area contributed by atoms with Gasteiger partial charge in [0.25, 0.3) is 0 Å². The van der Waals surface area contributed by atoms with Crippen LogP contribution in [0.25, 0.3) is 6.08 Å². The summed E-state index contributed by atoms with van der Waals surface area (Å²) < 4.78 is 19.3. The third-order valence-corrected chi connectivity index (χ3v) is 3.25. The number of rotatable bonds is 5. The highest BCUT2D eigenvalue weighted by Gasteiger charge is 2.03. The Kier molecular flexibility index (Phi) is 5.05. The van der Waals surface area contributed by atoms with Crippen LogP contribution < -0.4 is 4.74 Å². The van der Waals surface area contributed by atoms with Crippen molar-refractivity contribution in [3.8, 4) is 5.75 Å². The quantitative estimate of drug-likeness (QED) is 0.592. The van der Waals surface area contributed by atoms with Gasteiger partial charge < -0.3 is 4.74 Å². The molecule has 2 aromatic carbocycles. The zero-order valence-corrected chi connectivity index (χ0v) is 12.4. The van der Waals surface area contributed by atoms with Crippen LogP contribution in [-0.2, 0) is 6.61 Å². The van der Waals surface area contributed by atoms with E-state index >= 15 is 0 Å². The van der Waals surface area contributed by atoms with Crippen LogP contribution in [0.5, 0.6) is 5.75 Å². The molecule has 0 radical (unpaired) electrons. The second kappa shape index (κ2) is 6.99. The lowest BCUT2D eigenvalue weighted by Crippen LogP contribution is -1.96. The average molecular weight is 352 g/mol. The van der Waals surface area contributed by atoms with E-state index in [1.54, 1.807) is 30.3 Å². The zero-order valence-electron chi connectivity index (χ0n) is 10.8. The Labute approximate surface area is 129 Å². The summed E-state index contributed by atoms with van der Waals surface area (Å²) in [6.07, 6.45) is 2.26. The monoisotopic (exact) mass is 351 g/mol. The van der Waals surface area contributed by atoms with Gasteiger partial charge in [0.05, 0.1) is 9.40 Å². The fourth-order valence-corrected chi connectivity index (χ4v) is 2.18. The van der Waals surface area contributed by atoms with Gasteiger partial charge in [-0.25, -0.2) is 4.39 Å². The van der Waals surface area contributed by atoms with E-state index < -0.39 is 4.92 Å². The van der Waals surface area contributed by atoms with Crippen molar-refractivity contribution in [3.05, 3.63) is 80.2 Å². The summed E-state index contributed by atoms with van der Waals surface area (Å²) in [6.45, 7) is 0.237. The molecule has 0 heterocycles. The van der Waals surface area contributed by atoms with E-state index in [9.17, 15) is 14.5 Å². The minimum absolute atomic E-state index is 0.237. The zero-order chi connectivity index (χ0) is 15.2. The molecule has 0 aliphatic carbocycles. The molecule has 0 aliphatic rings. The Hall–Kier alpha value is -2.21. The Morgan fingerprint density at radius 2 is 2.10 bits per heavy atom. The fourth-order valence-electron chi connectivity index (χ4n) is 1.67. The highest BCUT2D eigenvalue weighted by Crippen LogP contribution is 2.27. The SMILES string of the molecule is O=[N+]([O-])C=Cc1ccc(OCc2cccc(F)c2)c(Br)c1. The summed E-state index contributed by atoms with van der Waals surface area (Å²) in [4.78, 5) is 9.74. The maximum atomic E-state index is 13.0. The molecule has 2 rings (SSSR count). The van der Waals surface area contributed by atoms with Crippen molar-refractivity contribution in [2.45, 2.75) is 6.61 Å². The molecule has 0 aromatic heterocycles. The van der Waals surface area contributed by atoms with E-state index in [4.69, 9.17) is 4.74 Å². The normalized spacial score (nSPS) is 10.8. The van der Waals surface area contributed by atoms with Crippen molar-refractivity contribution < 1.29 is 14.1 Å². The molecule has 108 valence electrons. The first kappa shape index (κ1) is 15.2. The molecule has 0 bridgehead atoms. The molecule has 0 atom stereocenters. The van der Waals surface area contributed by atoms with E-state index in [1.165, 1.54) is 18.2 Å². The topological polar surface area (TPSA) is 52.4 Å². The third-order valence-electron chi connectivity index (χ3n) is 2.63. The molecule has 0 aliphatic heterocycles. The van der Waals surface area contributed by atoms with Crippen molar-refractivity contribution in [3.63, 3.8) is 0 Å². The van der Waals surface area contributed by atoms with E-state index in [0.29, 0.717) is 15.8 Å². The molecular formula is C15H11BrFNO3. The van der Waals surface area contributed by atoms with Crippen LogP contribution in [0.1, 0.15) is 11.1 Å². The second-order valence-electron chi connectivity index (χ2n) is 4.21. The van der Waals surface area contributed by atoms with Crippen LogP contribution in [0.2, 0.25) is 0 Å². The van der Waals surface area contributed by atoms with Gasteiger partial charge in [-0.2, -0.15) is 0 Å². The van der Waals surface area contributed by atoms with E-state index in [1.807, 2.05) is 0 Å². The molecule has 0 spiro atoms. The maximum absolute atomic E-state index is 13.0. The van der Waals surface area contributed by atoms with Crippen molar-refractivity contribution >= 4 is 22.0 Å². The van der Waals surface area contributed by atoms with Crippen LogP contribution in [0.15, 0.2) is 53.1 Å². The third kappa shape index (κ3) is 4.68. The lowest BCUT2D eigenvalue weighted by molar-refractivity contribution is -0.400. The average Bonchev–Trinajstić information content (AvgIpc) is 2.44. The second-order valence-corrected chi connectivity index (χ2v) is 5.06. The Bertz CT molecular complexity index is 688. The number of ether oxygens (including phenoxy) is 1. The van der Waals surface area contributed by atoms with Crippen LogP contribution in [0.4, 0.5) is 4.39 Å². The summed E-state index contributed by atoms with van der Waals surface area (Å²) in [5.74, 6) is 0.271. The summed E-state index contributed by atoms with van der Waals surface area (Å²) in [7, 11) is 0. The van der Waals surface area contributed by atoms with Gasteiger partial charge in [-0.15, -0.1) is 0 Å². The van der Waals surface area contributed by atoms with Crippen LogP contribution in [-0.4, -0.2) is 4.92 Å². The summed E-state index contributed by atoms with van der Waals surface area (Å²) in [5.41, 5.74) is 1.40. The highest BCUT2D eigenvalue weighted by molar-refractivity contribution is 9.10. The molecule has 0 unspecified atom stereocenters. The molecule has 0 saturated carbocycles. The summed E-state index contributed by atoms with van der Waals surface area (Å²) in [6, 6.07) is 11.3. The number of benzene rings is 2. The van der Waals surface area contributed by atoms with Crippen LogP contribution in [0, 0.1) is 15.9 Å². The van der Waals surface area contributed by atoms with Crippen molar-refractivity contribution in [2.24, 2.45) is 0 Å². The predicted octanol–water partition coefficient (Wildman–Crippen LogP) is 4.41. The van der Waals surface area contributed by atoms with Crippen LogP contribution >= 0.6 is 15.9 Å². The molecule has 21 heavy (non-hydrogen) atoms. The molecule has 0 amide bonds. The van der Waals surface area contributed by atoms with E-state index in [-0.39, 0.29) is 12.4 Å². The molecule has 0 N–H and O–H groups in total. The van der Waals surface area contributed by atoms with Gasteiger partial charge in [0.1, 0.15) is 18.2 Å². The van der Waals surface area contributed by atoms with Crippen LogP contribution in [0.3, 0.4) is 0 Å². The first-order chi connectivity index (χ1) is 10.0. The Morgan fingerprint density at radius 3 is 2.76 bits per heavy atom. The number of hydrogen-bond acceptors (Lipinski definition) is 3. The summed E-state index contributed by atoms with van der Waals surface area (Å²) >= 11 is 3.34. The largest absolute Gasteiger partial charge is 0.488 e. The van der Waals surface area contributed by atoms with Gasteiger partial charge in [0.2, 0.25) is 6.20 Å². The summed E-state index contributed by atoms with van der Waals surface area (Å²) in [5, 5.41) is 10.3. The number of hydrogen-bond donors (Lipinski definition) is 0. The lowest BCUT2D eigenvalue weighted by Gasteiger charge is -2.09. The maximum Gasteiger partial charge on any atom is 0.235 e. The lowest BCUT2D eigenvalue weighted by atomic mass is 10.2. The first-order valence-corrected chi connectivity index (χ1v) is 6.82. The Morgan fingerprint density at radius 1 is 1.29 bits per heavy atom. The van der Waals surface area contributed by atoms with Crippen molar-refractivity contribution in [2.75, 3.05) is 0 Å². The standard InChI is InChI=1S/C15H11BrFNO3/c16-14-9-11(6-7-18(19)20)4-5-15(14)21-10-12-2-1-3-13(17)8-12/h1-9H,10H2. The number of nitro groups is 1. The molecule has 6 heteroatoms. The van der Waals surface area contributed by atoms with Gasteiger partial charge >= 0.3 is 0 Å². The van der Waals surface area contributed by atoms with Gasteiger partial charge in [-0.3, -0.25) is 10.1 Å². The van der Waals surface area contributed by atoms with Crippen molar-refractivity contribution in [1.29, 1.82) is 0 Å². The Balaban J connectivity index is 2.06. The van der Waals surface area contributed by atoms with Crippen molar-refractivity contribution in [1.82, 2.24) is 0 Å². The van der Waals surface area contributed by atoms with E-state index in [0.717, 1.165) is 11.8 Å². The van der Waals surface area contributed by atoms with Gasteiger partial charge in [0.15, 0.2) is 0 Å². The van der Waals surface area contributed by atoms with Gasteiger partial charge in [-0.1, -0.05) is 18.2 Å². The molecule has 4 nitrogen and oxygen atoms in total. The number of halogens is 2. The molecule has 0 saturated heterocycles. The smallest absolute Gasteiger partial charge is 0.235 e. The van der Waals surface area contributed by atoms with Gasteiger partial charge in [0, 0.05) is 6.08 Å². The first-order valence-electron chi connectivity index (χ1n) is 6.03. The number of nitrogens with zero attached hydrogens (tertiary/aromatic N) is 1. The minimum atomic E-state index is -0.526. The predicted molar refractivity (Wildman–Crippen MR) is 80.9 cm³/mol. The molecule has 0 fully saturated rings. The molecule has 2 aromatic rings. The van der Waals surface area contributed by atoms with E-state index in [2.05, 4.69) is 15.9 Å². The molecular weight excluding hydrogens is 341 g/mol. The highest BCUT2D eigenvalue weighted by atomic mass is 79.9. The fraction of sp³-hybridized carbons (Fsp3) is 0.0667. The van der Waals surface area contributed by atoms with Gasteiger partial charge in [-0.05, 0) is 51.3 Å².